The number of thiazole rings is 1. The standard InChI is InChI=1S/C27H31NO4S/c1-16(2)24-23(33-25(28-24)19-9-7-17(3)8-10-19)14-12-21(29)20-11-13-22(18(4)15-20)32-27(5,6)26(30)31/h7-11,13,15-16H,12,14H2,1-6H3,(H,30,31). The zero-order chi connectivity index (χ0) is 24.3. The van der Waals surface area contributed by atoms with E-state index < -0.39 is 11.6 Å². The third-order valence-corrected chi connectivity index (χ3v) is 6.71. The smallest absolute Gasteiger partial charge is 0.347 e. The Kier molecular flexibility index (Phi) is 7.38. The molecule has 6 heteroatoms. The number of benzene rings is 2. The molecule has 3 aromatic rings. The number of ketones is 1. The number of aliphatic carboxylic acids is 1. The van der Waals surface area contributed by atoms with Gasteiger partial charge in [-0.05, 0) is 63.8 Å². The lowest BCUT2D eigenvalue weighted by Gasteiger charge is -2.22. The van der Waals surface area contributed by atoms with Crippen molar-refractivity contribution in [3.8, 4) is 16.3 Å². The molecule has 0 fully saturated rings. The number of ether oxygens (including phenoxy) is 1. The van der Waals surface area contributed by atoms with Gasteiger partial charge in [-0.3, -0.25) is 4.79 Å². The van der Waals surface area contributed by atoms with Gasteiger partial charge in [0.2, 0.25) is 0 Å². The second-order valence-electron chi connectivity index (χ2n) is 9.17. The van der Waals surface area contributed by atoms with Gasteiger partial charge in [0.05, 0.1) is 5.69 Å². The Balaban J connectivity index is 1.74. The lowest BCUT2D eigenvalue weighted by molar-refractivity contribution is -0.152. The van der Waals surface area contributed by atoms with Crippen molar-refractivity contribution in [2.45, 2.75) is 65.9 Å². The summed E-state index contributed by atoms with van der Waals surface area (Å²) in [5.41, 5.74) is 3.35. The molecule has 0 aliphatic rings. The zero-order valence-electron chi connectivity index (χ0n) is 20.1. The highest BCUT2D eigenvalue weighted by atomic mass is 32.1. The van der Waals surface area contributed by atoms with Crippen molar-refractivity contribution in [2.75, 3.05) is 0 Å². The highest BCUT2D eigenvalue weighted by Gasteiger charge is 2.30. The Morgan fingerprint density at radius 2 is 1.76 bits per heavy atom. The van der Waals surface area contributed by atoms with Gasteiger partial charge in [0.15, 0.2) is 11.4 Å². The largest absolute Gasteiger partial charge is 0.478 e. The van der Waals surface area contributed by atoms with Gasteiger partial charge in [0.1, 0.15) is 10.8 Å². The van der Waals surface area contributed by atoms with Crippen LogP contribution in [0.15, 0.2) is 42.5 Å². The van der Waals surface area contributed by atoms with E-state index in [1.165, 1.54) is 19.4 Å². The summed E-state index contributed by atoms with van der Waals surface area (Å²) in [7, 11) is 0. The van der Waals surface area contributed by atoms with Gasteiger partial charge in [-0.2, -0.15) is 0 Å². The highest BCUT2D eigenvalue weighted by Crippen LogP contribution is 2.33. The predicted octanol–water partition coefficient (Wildman–Crippen LogP) is 6.61. The van der Waals surface area contributed by atoms with Crippen molar-refractivity contribution < 1.29 is 19.4 Å². The first-order valence-corrected chi connectivity index (χ1v) is 11.9. The number of aromatic nitrogens is 1. The molecule has 3 rings (SSSR count). The average molecular weight is 466 g/mol. The van der Waals surface area contributed by atoms with Crippen LogP contribution in [0, 0.1) is 13.8 Å². The van der Waals surface area contributed by atoms with Crippen molar-refractivity contribution in [3.63, 3.8) is 0 Å². The maximum absolute atomic E-state index is 12.9. The summed E-state index contributed by atoms with van der Waals surface area (Å²) >= 11 is 1.66. The second kappa shape index (κ2) is 9.87. The fraction of sp³-hybridized carbons (Fsp3) is 0.370. The number of Topliss-reactive ketones (excluding diaryl/α,β-unsaturated/α-hetero) is 1. The molecule has 0 saturated carbocycles. The number of carboxylic acids is 1. The third-order valence-electron chi connectivity index (χ3n) is 5.53. The number of rotatable bonds is 9. The number of carbonyl (C=O) groups is 2. The molecule has 0 bridgehead atoms. The quantitative estimate of drug-likeness (QED) is 0.360. The topological polar surface area (TPSA) is 76.5 Å². The molecule has 0 atom stereocenters. The number of aryl methyl sites for hydroxylation is 3. The lowest BCUT2D eigenvalue weighted by atomic mass is 10.0. The van der Waals surface area contributed by atoms with Gasteiger partial charge in [-0.15, -0.1) is 11.3 Å². The summed E-state index contributed by atoms with van der Waals surface area (Å²) in [6.07, 6.45) is 1.02. The van der Waals surface area contributed by atoms with Crippen molar-refractivity contribution in [1.82, 2.24) is 4.98 Å². The minimum atomic E-state index is -1.34. The molecule has 0 amide bonds. The average Bonchev–Trinajstić information content (AvgIpc) is 3.18. The number of hydrogen-bond donors (Lipinski definition) is 1. The van der Waals surface area contributed by atoms with E-state index in [0.29, 0.717) is 24.2 Å². The Labute approximate surface area is 199 Å². The minimum absolute atomic E-state index is 0.0436. The number of nitrogens with zero attached hydrogens (tertiary/aromatic N) is 1. The fourth-order valence-corrected chi connectivity index (χ4v) is 4.66. The highest BCUT2D eigenvalue weighted by molar-refractivity contribution is 7.15. The summed E-state index contributed by atoms with van der Waals surface area (Å²) in [6.45, 7) is 11.1. The van der Waals surface area contributed by atoms with Crippen LogP contribution in [0.4, 0.5) is 0 Å². The monoisotopic (exact) mass is 465 g/mol. The van der Waals surface area contributed by atoms with Crippen LogP contribution in [-0.2, 0) is 11.2 Å². The fourth-order valence-electron chi connectivity index (χ4n) is 3.44. The van der Waals surface area contributed by atoms with Crippen LogP contribution in [0.1, 0.15) is 72.1 Å². The molecule has 1 N–H and O–H groups in total. The molecule has 0 saturated heterocycles. The van der Waals surface area contributed by atoms with E-state index in [1.807, 2.05) is 6.92 Å². The molecule has 5 nitrogen and oxygen atoms in total. The van der Waals surface area contributed by atoms with Gasteiger partial charge in [0.25, 0.3) is 0 Å². The van der Waals surface area contributed by atoms with E-state index in [2.05, 4.69) is 45.0 Å². The first kappa shape index (κ1) is 24.6. The first-order chi connectivity index (χ1) is 15.5. The summed E-state index contributed by atoms with van der Waals surface area (Å²) in [5, 5.41) is 10.3. The first-order valence-electron chi connectivity index (χ1n) is 11.1. The van der Waals surface area contributed by atoms with Crippen molar-refractivity contribution in [1.29, 1.82) is 0 Å². The summed E-state index contributed by atoms with van der Waals surface area (Å²) in [4.78, 5) is 30.3. The molecule has 0 aliphatic heterocycles. The summed E-state index contributed by atoms with van der Waals surface area (Å²) < 4.78 is 5.63. The van der Waals surface area contributed by atoms with Crippen molar-refractivity contribution in [2.24, 2.45) is 0 Å². The maximum atomic E-state index is 12.9. The molecule has 0 aliphatic carbocycles. The Hall–Kier alpha value is -2.99. The number of carboxylic acid groups (broad SMARTS) is 1. The van der Waals surface area contributed by atoms with E-state index in [-0.39, 0.29) is 11.7 Å². The van der Waals surface area contributed by atoms with Crippen LogP contribution >= 0.6 is 11.3 Å². The molecule has 0 radical (unpaired) electrons. The van der Waals surface area contributed by atoms with Crippen LogP contribution in [0.5, 0.6) is 5.75 Å². The van der Waals surface area contributed by atoms with Crippen LogP contribution < -0.4 is 4.74 Å². The Bertz CT molecular complexity index is 1160. The van der Waals surface area contributed by atoms with Gasteiger partial charge in [0, 0.05) is 22.4 Å². The van der Waals surface area contributed by atoms with Gasteiger partial charge in [-0.1, -0.05) is 43.7 Å². The maximum Gasteiger partial charge on any atom is 0.347 e. The zero-order valence-corrected chi connectivity index (χ0v) is 20.9. The van der Waals surface area contributed by atoms with Crippen LogP contribution in [-0.4, -0.2) is 27.4 Å². The molecular weight excluding hydrogens is 434 g/mol. The molecular formula is C27H31NO4S. The Morgan fingerprint density at radius 1 is 1.09 bits per heavy atom. The summed E-state index contributed by atoms with van der Waals surface area (Å²) in [6, 6.07) is 13.5. The summed E-state index contributed by atoms with van der Waals surface area (Å²) in [5.74, 6) is -0.257. The van der Waals surface area contributed by atoms with Crippen molar-refractivity contribution in [3.05, 3.63) is 69.7 Å². The van der Waals surface area contributed by atoms with Crippen LogP contribution in [0.2, 0.25) is 0 Å². The molecule has 1 heterocycles. The normalized spacial score (nSPS) is 11.6. The second-order valence-corrected chi connectivity index (χ2v) is 10.3. The Morgan fingerprint density at radius 3 is 2.33 bits per heavy atom. The van der Waals surface area contributed by atoms with Gasteiger partial charge >= 0.3 is 5.97 Å². The predicted molar refractivity (Wildman–Crippen MR) is 133 cm³/mol. The van der Waals surface area contributed by atoms with Crippen molar-refractivity contribution >= 4 is 23.1 Å². The van der Waals surface area contributed by atoms with Crippen LogP contribution in [0.25, 0.3) is 10.6 Å². The van der Waals surface area contributed by atoms with Gasteiger partial charge < -0.3 is 9.84 Å². The minimum Gasteiger partial charge on any atom is -0.478 e. The molecule has 1 aromatic heterocycles. The molecule has 2 aromatic carbocycles. The van der Waals surface area contributed by atoms with E-state index in [1.54, 1.807) is 29.5 Å². The van der Waals surface area contributed by atoms with Crippen LogP contribution in [0.3, 0.4) is 0 Å². The number of carbonyl (C=O) groups excluding carboxylic acids is 1. The van der Waals surface area contributed by atoms with E-state index in [0.717, 1.165) is 26.7 Å². The SMILES string of the molecule is Cc1ccc(-c2nc(C(C)C)c(CCC(=O)c3ccc(OC(C)(C)C(=O)O)c(C)c3)s2)cc1. The number of hydrogen-bond acceptors (Lipinski definition) is 5. The van der Waals surface area contributed by atoms with E-state index in [9.17, 15) is 14.7 Å². The van der Waals surface area contributed by atoms with E-state index >= 15 is 0 Å². The molecule has 0 spiro atoms. The van der Waals surface area contributed by atoms with Gasteiger partial charge in [-0.25, -0.2) is 9.78 Å². The molecule has 0 unspecified atom stereocenters. The molecule has 174 valence electrons. The molecule has 33 heavy (non-hydrogen) atoms. The third kappa shape index (κ3) is 5.88. The lowest BCUT2D eigenvalue weighted by Crippen LogP contribution is -2.38. The van der Waals surface area contributed by atoms with E-state index in [4.69, 9.17) is 9.72 Å².